The monoisotopic (exact) mass is 367 g/mol. The molecule has 1 aromatic heterocycles. The van der Waals surface area contributed by atoms with E-state index in [1.54, 1.807) is 0 Å². The number of hydrogen-bond acceptors (Lipinski definition) is 6. The van der Waals surface area contributed by atoms with Crippen molar-refractivity contribution in [3.8, 4) is 11.8 Å². The van der Waals surface area contributed by atoms with Gasteiger partial charge in [-0.25, -0.2) is 0 Å². The smallest absolute Gasteiger partial charge is 0.351 e. The molecule has 0 radical (unpaired) electrons. The first-order chi connectivity index (χ1) is 12.2. The van der Waals surface area contributed by atoms with Gasteiger partial charge in [-0.1, -0.05) is 5.92 Å². The summed E-state index contributed by atoms with van der Waals surface area (Å²) in [6, 6.07) is -1.71. The first kappa shape index (κ1) is 18.4. The maximum atomic E-state index is 12.8. The average Bonchev–Trinajstić information content (AvgIpc) is 3.46. The van der Waals surface area contributed by atoms with Crippen LogP contribution in [0.25, 0.3) is 0 Å². The molecule has 0 aliphatic heterocycles. The van der Waals surface area contributed by atoms with E-state index in [9.17, 15) is 18.0 Å². The Hall–Kier alpha value is -2.37. The topological polar surface area (TPSA) is 79.8 Å². The zero-order valence-corrected chi connectivity index (χ0v) is 14.5. The lowest BCUT2D eigenvalue weighted by atomic mass is 10.1. The van der Waals surface area contributed by atoms with Crippen LogP contribution in [0.3, 0.4) is 0 Å². The van der Waals surface area contributed by atoms with E-state index >= 15 is 0 Å². The lowest BCUT2D eigenvalue weighted by molar-refractivity contribution is -0.138. The molecule has 140 valence electrons. The number of anilines is 2. The molecule has 2 N–H and O–H groups in total. The number of nitrogens with one attached hydrogen (secondary N) is 2. The van der Waals surface area contributed by atoms with Crippen LogP contribution in [-0.4, -0.2) is 39.5 Å². The molecule has 0 bridgehead atoms. The summed E-state index contributed by atoms with van der Waals surface area (Å²) < 4.78 is 38.4. The molecule has 0 aromatic carbocycles. The van der Waals surface area contributed by atoms with Gasteiger partial charge in [-0.15, -0.1) is 0 Å². The van der Waals surface area contributed by atoms with E-state index in [-0.39, 0.29) is 23.8 Å². The number of carbonyl (C=O) groups is 1. The minimum atomic E-state index is -4.43. The molecule has 2 fully saturated rings. The molecule has 3 rings (SSSR count). The predicted octanol–water partition coefficient (Wildman–Crippen LogP) is 2.78. The molecule has 2 aliphatic rings. The van der Waals surface area contributed by atoms with Gasteiger partial charge in [0.05, 0.1) is 5.41 Å². The first-order valence-electron chi connectivity index (χ1n) is 8.56. The van der Waals surface area contributed by atoms with Crippen molar-refractivity contribution in [3.63, 3.8) is 0 Å². The highest BCUT2D eigenvalue weighted by molar-refractivity contribution is 5.69. The van der Waals surface area contributed by atoms with Crippen LogP contribution in [0.4, 0.5) is 25.1 Å². The molecule has 1 aromatic rings. The normalized spacial score (nSPS) is 20.3. The third-order valence-corrected chi connectivity index (χ3v) is 4.60. The van der Waals surface area contributed by atoms with Gasteiger partial charge in [-0.3, -0.25) is 0 Å². The first-order valence-corrected chi connectivity index (χ1v) is 8.56. The van der Waals surface area contributed by atoms with Gasteiger partial charge in [0, 0.05) is 6.04 Å². The van der Waals surface area contributed by atoms with Crippen LogP contribution < -0.4 is 10.6 Å². The van der Waals surface area contributed by atoms with Crippen molar-refractivity contribution in [2.24, 2.45) is 11.3 Å². The van der Waals surface area contributed by atoms with E-state index in [0.717, 1.165) is 26.1 Å². The van der Waals surface area contributed by atoms with E-state index in [1.807, 2.05) is 6.92 Å². The molecule has 9 heteroatoms. The summed E-state index contributed by atoms with van der Waals surface area (Å²) in [5.74, 6) is 6.05. The molecule has 6 nitrogen and oxygen atoms in total. The summed E-state index contributed by atoms with van der Waals surface area (Å²) in [5.41, 5.74) is -0.658. The second-order valence-electron chi connectivity index (χ2n) is 7.01. The molecular weight excluding hydrogens is 347 g/mol. The highest BCUT2D eigenvalue weighted by Crippen LogP contribution is 2.42. The molecule has 2 atom stereocenters. The van der Waals surface area contributed by atoms with Gasteiger partial charge in [-0.05, 0) is 51.4 Å². The molecule has 1 heterocycles. The van der Waals surface area contributed by atoms with Crippen molar-refractivity contribution in [3.05, 3.63) is 5.82 Å². The molecule has 0 spiro atoms. The van der Waals surface area contributed by atoms with Crippen molar-refractivity contribution >= 4 is 18.2 Å². The van der Waals surface area contributed by atoms with Gasteiger partial charge in [0.2, 0.25) is 17.7 Å². The standard InChI is InChI=1S/C17H20F3N5O/c1-10(12-3-4-12)21-14-23-13(5-6-16(9-26)7-8-16)24-15(25-14)22-11(2)17(18,19)20/h9-12H,3-4,7-8H2,1-2H3,(H2,21,22,23,24,25)/t10-,11?/m1/s1. The third kappa shape index (κ3) is 4.62. The van der Waals surface area contributed by atoms with Crippen molar-refractivity contribution in [2.75, 3.05) is 10.6 Å². The zero-order chi connectivity index (χ0) is 18.9. The predicted molar refractivity (Wildman–Crippen MR) is 89.4 cm³/mol. The number of nitrogens with zero attached hydrogens (tertiary/aromatic N) is 3. The Bertz CT molecular complexity index is 747. The van der Waals surface area contributed by atoms with Gasteiger partial charge >= 0.3 is 6.18 Å². The molecule has 1 unspecified atom stereocenters. The van der Waals surface area contributed by atoms with Gasteiger partial charge in [0.1, 0.15) is 12.3 Å². The van der Waals surface area contributed by atoms with Crippen LogP contribution in [0, 0.1) is 23.2 Å². The van der Waals surface area contributed by atoms with Crippen LogP contribution in [0.5, 0.6) is 0 Å². The largest absolute Gasteiger partial charge is 0.408 e. The Labute approximate surface area is 149 Å². The fourth-order valence-corrected chi connectivity index (χ4v) is 2.34. The van der Waals surface area contributed by atoms with E-state index < -0.39 is 17.6 Å². The van der Waals surface area contributed by atoms with Gasteiger partial charge in [0.15, 0.2) is 0 Å². The minimum absolute atomic E-state index is 0.0375. The second kappa shape index (κ2) is 6.74. The maximum absolute atomic E-state index is 12.8. The second-order valence-corrected chi connectivity index (χ2v) is 7.01. The van der Waals surface area contributed by atoms with Gasteiger partial charge in [0.25, 0.3) is 0 Å². The van der Waals surface area contributed by atoms with Gasteiger partial charge in [-0.2, -0.15) is 28.1 Å². The molecule has 26 heavy (non-hydrogen) atoms. The highest BCUT2D eigenvalue weighted by atomic mass is 19.4. The maximum Gasteiger partial charge on any atom is 0.408 e. The molecule has 0 saturated heterocycles. The Kier molecular flexibility index (Phi) is 4.78. The molecule has 2 saturated carbocycles. The lowest BCUT2D eigenvalue weighted by Crippen LogP contribution is -2.34. The van der Waals surface area contributed by atoms with Crippen LogP contribution in [0.2, 0.25) is 0 Å². The van der Waals surface area contributed by atoms with E-state index in [2.05, 4.69) is 37.4 Å². The summed E-state index contributed by atoms with van der Waals surface area (Å²) in [6.07, 6.45) is -0.0828. The molecule has 2 aliphatic carbocycles. The van der Waals surface area contributed by atoms with Crippen molar-refractivity contribution in [1.82, 2.24) is 15.0 Å². The fraction of sp³-hybridized carbons (Fsp3) is 0.647. The Balaban J connectivity index is 1.84. The van der Waals surface area contributed by atoms with Crippen LogP contribution in [0.15, 0.2) is 0 Å². The van der Waals surface area contributed by atoms with Crippen molar-refractivity contribution in [1.29, 1.82) is 0 Å². The Morgan fingerprint density at radius 1 is 1.15 bits per heavy atom. The highest BCUT2D eigenvalue weighted by Gasteiger charge is 2.41. The molecular formula is C17H20F3N5O. The zero-order valence-electron chi connectivity index (χ0n) is 14.5. The number of rotatable bonds is 6. The number of aromatic nitrogens is 3. The van der Waals surface area contributed by atoms with Crippen molar-refractivity contribution < 1.29 is 18.0 Å². The summed E-state index contributed by atoms with van der Waals surface area (Å²) in [5, 5.41) is 5.35. The quantitative estimate of drug-likeness (QED) is 0.595. The number of halogens is 3. The number of aldehydes is 1. The van der Waals surface area contributed by atoms with Crippen molar-refractivity contribution in [2.45, 2.75) is 57.8 Å². The van der Waals surface area contributed by atoms with E-state index in [4.69, 9.17) is 0 Å². The van der Waals surface area contributed by atoms with E-state index in [1.165, 1.54) is 0 Å². The fourth-order valence-electron chi connectivity index (χ4n) is 2.34. The average molecular weight is 367 g/mol. The third-order valence-electron chi connectivity index (χ3n) is 4.60. The van der Waals surface area contributed by atoms with Gasteiger partial charge < -0.3 is 15.4 Å². The van der Waals surface area contributed by atoms with E-state index in [0.29, 0.717) is 18.8 Å². The number of carbonyl (C=O) groups excluding carboxylic acids is 1. The number of hydrogen-bond donors (Lipinski definition) is 2. The Morgan fingerprint density at radius 3 is 2.27 bits per heavy atom. The molecule has 0 amide bonds. The number of alkyl halides is 3. The minimum Gasteiger partial charge on any atom is -0.351 e. The summed E-state index contributed by atoms with van der Waals surface area (Å²) in [7, 11) is 0. The van der Waals surface area contributed by atoms with Crippen LogP contribution in [0.1, 0.15) is 45.4 Å². The van der Waals surface area contributed by atoms with Crippen LogP contribution >= 0.6 is 0 Å². The summed E-state index contributed by atoms with van der Waals surface area (Å²) in [6.45, 7) is 2.96. The Morgan fingerprint density at radius 2 is 1.77 bits per heavy atom. The summed E-state index contributed by atoms with van der Waals surface area (Å²) in [4.78, 5) is 23.2. The van der Waals surface area contributed by atoms with Crippen LogP contribution in [-0.2, 0) is 4.79 Å². The lowest BCUT2D eigenvalue weighted by Gasteiger charge is -2.18. The summed E-state index contributed by atoms with van der Waals surface area (Å²) >= 11 is 0. The SMILES string of the molecule is CC(Nc1nc(C#CC2(C=O)CC2)nc(N[C@H](C)C2CC2)n1)C(F)(F)F.